The van der Waals surface area contributed by atoms with Crippen molar-refractivity contribution < 1.29 is 28.7 Å². The third-order valence-corrected chi connectivity index (χ3v) is 5.46. The van der Waals surface area contributed by atoms with Crippen LogP contribution < -0.4 is 20.8 Å². The Morgan fingerprint density at radius 1 is 0.944 bits per heavy atom. The summed E-state index contributed by atoms with van der Waals surface area (Å²) in [6.45, 7) is 1.91. The molecule has 3 N–H and O–H groups in total. The van der Waals surface area contributed by atoms with Gasteiger partial charge in [0.2, 0.25) is 0 Å². The van der Waals surface area contributed by atoms with Crippen LogP contribution in [-0.4, -0.2) is 49.2 Å². The molecule has 0 unspecified atom stereocenters. The number of hydrogen-bond acceptors (Lipinski definition) is 7. The molecule has 3 rings (SSSR count). The fraction of sp³-hybridized carbons (Fsp3) is 0.346. The molecule has 0 heterocycles. The molecule has 10 nitrogen and oxygen atoms in total. The largest absolute Gasteiger partial charge is 0.484 e. The maximum Gasteiger partial charge on any atom is 0.338 e. The number of anilines is 1. The first-order valence-electron chi connectivity index (χ1n) is 11.9. The van der Waals surface area contributed by atoms with E-state index in [0.717, 1.165) is 25.7 Å². The first kappa shape index (κ1) is 26.4. The first-order valence-corrected chi connectivity index (χ1v) is 11.9. The Hall–Kier alpha value is -4.21. The number of hydrogen-bond donors (Lipinski definition) is 3. The van der Waals surface area contributed by atoms with Crippen molar-refractivity contribution in [2.45, 2.75) is 45.1 Å². The van der Waals surface area contributed by atoms with Gasteiger partial charge in [0.05, 0.1) is 18.4 Å². The fourth-order valence-electron chi connectivity index (χ4n) is 3.62. The second-order valence-electron chi connectivity index (χ2n) is 8.21. The highest BCUT2D eigenvalue weighted by Gasteiger charge is 2.16. The Kier molecular flexibility index (Phi) is 9.99. The Balaban J connectivity index is 1.39. The maximum absolute atomic E-state index is 12.0. The summed E-state index contributed by atoms with van der Waals surface area (Å²) >= 11 is 0. The van der Waals surface area contributed by atoms with Crippen LogP contribution in [0.15, 0.2) is 53.6 Å². The van der Waals surface area contributed by atoms with Crippen LogP contribution in [0.2, 0.25) is 0 Å². The molecule has 190 valence electrons. The number of amides is 3. The van der Waals surface area contributed by atoms with Gasteiger partial charge in [0.1, 0.15) is 5.75 Å². The van der Waals surface area contributed by atoms with E-state index in [2.05, 4.69) is 21.2 Å². The lowest BCUT2D eigenvalue weighted by molar-refractivity contribution is -0.136. The SMILES string of the molecule is CCOC(=O)c1ccc(NC(=O)C(=O)N/N=C\c2ccc(OCC(=O)NC3CCCCC3)cc2)cc1. The van der Waals surface area contributed by atoms with Crippen molar-refractivity contribution in [3.63, 3.8) is 0 Å². The molecule has 1 fully saturated rings. The van der Waals surface area contributed by atoms with E-state index in [9.17, 15) is 19.2 Å². The Morgan fingerprint density at radius 3 is 2.31 bits per heavy atom. The Morgan fingerprint density at radius 2 is 1.64 bits per heavy atom. The lowest BCUT2D eigenvalue weighted by atomic mass is 9.95. The molecule has 0 radical (unpaired) electrons. The van der Waals surface area contributed by atoms with Crippen LogP contribution >= 0.6 is 0 Å². The van der Waals surface area contributed by atoms with Gasteiger partial charge in [-0.25, -0.2) is 10.2 Å². The van der Waals surface area contributed by atoms with Crippen LogP contribution in [0, 0.1) is 0 Å². The fourth-order valence-corrected chi connectivity index (χ4v) is 3.62. The minimum atomic E-state index is -0.954. The summed E-state index contributed by atoms with van der Waals surface area (Å²) in [5, 5.41) is 9.20. The maximum atomic E-state index is 12.0. The summed E-state index contributed by atoms with van der Waals surface area (Å²) in [7, 11) is 0. The number of nitrogens with zero attached hydrogens (tertiary/aromatic N) is 1. The van der Waals surface area contributed by atoms with Crippen LogP contribution in [0.4, 0.5) is 5.69 Å². The summed E-state index contributed by atoms with van der Waals surface area (Å²) in [6, 6.07) is 13.0. The van der Waals surface area contributed by atoms with E-state index in [1.54, 1.807) is 31.2 Å². The van der Waals surface area contributed by atoms with Crippen molar-refractivity contribution in [3.8, 4) is 5.75 Å². The topological polar surface area (TPSA) is 135 Å². The number of benzene rings is 2. The van der Waals surface area contributed by atoms with Gasteiger partial charge < -0.3 is 20.1 Å². The predicted octanol–water partition coefficient (Wildman–Crippen LogP) is 2.78. The van der Waals surface area contributed by atoms with E-state index < -0.39 is 17.8 Å². The number of nitrogens with one attached hydrogen (secondary N) is 3. The first-order chi connectivity index (χ1) is 17.4. The van der Waals surface area contributed by atoms with Gasteiger partial charge in [0.25, 0.3) is 5.91 Å². The van der Waals surface area contributed by atoms with Crippen LogP contribution in [0.3, 0.4) is 0 Å². The summed E-state index contributed by atoms with van der Waals surface area (Å²) in [6.07, 6.45) is 6.92. The monoisotopic (exact) mass is 494 g/mol. The highest BCUT2D eigenvalue weighted by atomic mass is 16.5. The van der Waals surface area contributed by atoms with Crippen molar-refractivity contribution >= 4 is 35.6 Å². The van der Waals surface area contributed by atoms with Crippen molar-refractivity contribution in [3.05, 3.63) is 59.7 Å². The van der Waals surface area contributed by atoms with Crippen molar-refractivity contribution in [2.75, 3.05) is 18.5 Å². The zero-order chi connectivity index (χ0) is 25.8. The quantitative estimate of drug-likeness (QED) is 0.212. The molecule has 1 saturated carbocycles. The number of esters is 1. The normalized spacial score (nSPS) is 13.6. The van der Waals surface area contributed by atoms with Crippen LogP contribution in [0.25, 0.3) is 0 Å². The molecule has 0 atom stereocenters. The molecule has 0 saturated heterocycles. The second-order valence-corrected chi connectivity index (χ2v) is 8.21. The summed E-state index contributed by atoms with van der Waals surface area (Å²) in [5.41, 5.74) is 3.49. The minimum Gasteiger partial charge on any atom is -0.484 e. The van der Waals surface area contributed by atoms with Crippen LogP contribution in [0.5, 0.6) is 5.75 Å². The Bertz CT molecular complexity index is 1080. The lowest BCUT2D eigenvalue weighted by Gasteiger charge is -2.22. The molecule has 2 aromatic carbocycles. The molecule has 0 aromatic heterocycles. The molecule has 2 aromatic rings. The van der Waals surface area contributed by atoms with Gasteiger partial charge in [-0.3, -0.25) is 14.4 Å². The van der Waals surface area contributed by atoms with Crippen molar-refractivity contribution in [1.82, 2.24) is 10.7 Å². The minimum absolute atomic E-state index is 0.0549. The third kappa shape index (κ3) is 8.53. The highest BCUT2D eigenvalue weighted by Crippen LogP contribution is 2.17. The predicted molar refractivity (Wildman–Crippen MR) is 134 cm³/mol. The Labute approximate surface area is 209 Å². The van der Waals surface area contributed by atoms with Gasteiger partial charge in [0, 0.05) is 11.7 Å². The van der Waals surface area contributed by atoms with Crippen molar-refractivity contribution in [1.29, 1.82) is 0 Å². The van der Waals surface area contributed by atoms with E-state index in [4.69, 9.17) is 9.47 Å². The highest BCUT2D eigenvalue weighted by molar-refractivity contribution is 6.39. The van der Waals surface area contributed by atoms with E-state index in [-0.39, 0.29) is 25.2 Å². The van der Waals surface area contributed by atoms with Gasteiger partial charge in [-0.05, 0) is 73.9 Å². The average Bonchev–Trinajstić information content (AvgIpc) is 2.89. The molecule has 0 aliphatic heterocycles. The van der Waals surface area contributed by atoms with E-state index >= 15 is 0 Å². The van der Waals surface area contributed by atoms with Gasteiger partial charge in [-0.2, -0.15) is 5.10 Å². The number of carbonyl (C=O) groups excluding carboxylic acids is 4. The van der Waals surface area contributed by atoms with Gasteiger partial charge in [-0.15, -0.1) is 0 Å². The number of hydrazone groups is 1. The second kappa shape index (κ2) is 13.6. The van der Waals surface area contributed by atoms with Crippen molar-refractivity contribution in [2.24, 2.45) is 5.10 Å². The standard InChI is InChI=1S/C26H30N4O6/c1-2-35-26(34)19-10-12-21(13-11-19)29-24(32)25(33)30-27-16-18-8-14-22(15-9-18)36-17-23(31)28-20-6-4-3-5-7-20/h8-16,20H,2-7,17H2,1H3,(H,28,31)(H,29,32)(H,30,33)/b27-16-. The summed E-state index contributed by atoms with van der Waals surface area (Å²) < 4.78 is 10.4. The molecule has 0 bridgehead atoms. The van der Waals surface area contributed by atoms with E-state index in [0.29, 0.717) is 22.6 Å². The van der Waals surface area contributed by atoms with E-state index in [1.165, 1.54) is 36.9 Å². The molecule has 36 heavy (non-hydrogen) atoms. The average molecular weight is 495 g/mol. The van der Waals surface area contributed by atoms with Gasteiger partial charge >= 0.3 is 17.8 Å². The molecule has 3 amide bonds. The van der Waals surface area contributed by atoms with Gasteiger partial charge in [-0.1, -0.05) is 19.3 Å². The third-order valence-electron chi connectivity index (χ3n) is 5.46. The van der Waals surface area contributed by atoms with Crippen LogP contribution in [-0.2, 0) is 19.1 Å². The van der Waals surface area contributed by atoms with E-state index in [1.807, 2.05) is 0 Å². The molecule has 1 aliphatic carbocycles. The van der Waals surface area contributed by atoms with Gasteiger partial charge in [0.15, 0.2) is 6.61 Å². The molecular weight excluding hydrogens is 464 g/mol. The number of rotatable bonds is 9. The number of carbonyl (C=O) groups is 4. The summed E-state index contributed by atoms with van der Waals surface area (Å²) in [4.78, 5) is 47.7. The molecule has 1 aliphatic rings. The molecule has 10 heteroatoms. The van der Waals surface area contributed by atoms with Crippen LogP contribution in [0.1, 0.15) is 54.9 Å². The molecular formula is C26H30N4O6. The number of ether oxygens (including phenoxy) is 2. The zero-order valence-electron chi connectivity index (χ0n) is 20.1. The lowest BCUT2D eigenvalue weighted by Crippen LogP contribution is -2.38. The smallest absolute Gasteiger partial charge is 0.338 e. The molecule has 0 spiro atoms. The summed E-state index contributed by atoms with van der Waals surface area (Å²) in [5.74, 6) is -1.94. The zero-order valence-corrected chi connectivity index (χ0v) is 20.1.